The van der Waals surface area contributed by atoms with E-state index >= 15 is 0 Å². The molecule has 0 aliphatic rings. The Morgan fingerprint density at radius 1 is 1.25 bits per heavy atom. The predicted octanol–water partition coefficient (Wildman–Crippen LogP) is 2.83. The number of anilines is 1. The van der Waals surface area contributed by atoms with E-state index < -0.39 is 0 Å². The van der Waals surface area contributed by atoms with Crippen molar-refractivity contribution in [3.63, 3.8) is 0 Å². The number of benzene rings is 1. The summed E-state index contributed by atoms with van der Waals surface area (Å²) in [6, 6.07) is 8.53. The second-order valence-corrected chi connectivity index (χ2v) is 4.66. The van der Waals surface area contributed by atoms with Gasteiger partial charge in [-0.1, -0.05) is 12.1 Å². The van der Waals surface area contributed by atoms with Crippen LogP contribution in [0.5, 0.6) is 0 Å². The second-order valence-electron chi connectivity index (χ2n) is 3.91. The Kier molecular flexibility index (Phi) is 3.29. The van der Waals surface area contributed by atoms with Gasteiger partial charge in [0.15, 0.2) is 0 Å². The molecule has 1 heterocycles. The number of nitrogens with zero attached hydrogens (tertiary/aromatic N) is 2. The van der Waals surface area contributed by atoms with Gasteiger partial charge in [0.1, 0.15) is 4.60 Å². The summed E-state index contributed by atoms with van der Waals surface area (Å²) in [7, 11) is 4.08. The summed E-state index contributed by atoms with van der Waals surface area (Å²) >= 11 is 3.41. The van der Waals surface area contributed by atoms with Crippen molar-refractivity contribution in [2.75, 3.05) is 19.0 Å². The highest BCUT2D eigenvalue weighted by atomic mass is 79.9. The van der Waals surface area contributed by atoms with Gasteiger partial charge in [-0.05, 0) is 33.6 Å². The first-order valence-electron chi connectivity index (χ1n) is 5.11. The molecule has 2 aromatic rings. The molecule has 1 aromatic carbocycles. The number of halogens is 1. The molecule has 0 saturated heterocycles. The molecule has 0 radical (unpaired) electrons. The van der Waals surface area contributed by atoms with Gasteiger partial charge >= 0.3 is 0 Å². The molecule has 0 spiro atoms. The fourth-order valence-electron chi connectivity index (χ4n) is 1.54. The van der Waals surface area contributed by atoms with E-state index in [1.54, 1.807) is 6.33 Å². The molecule has 84 valence electrons. The fourth-order valence-corrected chi connectivity index (χ4v) is 1.90. The Bertz CT molecular complexity index is 459. The Labute approximate surface area is 104 Å². The number of aromatic amines is 1. The van der Waals surface area contributed by atoms with Gasteiger partial charge in [0.05, 0.1) is 12.0 Å². The molecule has 1 aromatic heterocycles. The van der Waals surface area contributed by atoms with Crippen LogP contribution in [0.1, 0.15) is 11.3 Å². The second kappa shape index (κ2) is 4.70. The van der Waals surface area contributed by atoms with Crippen molar-refractivity contribution in [3.05, 3.63) is 46.5 Å². The van der Waals surface area contributed by atoms with Crippen LogP contribution in [0.25, 0.3) is 0 Å². The van der Waals surface area contributed by atoms with Crippen LogP contribution in [-0.2, 0) is 6.42 Å². The third kappa shape index (κ3) is 2.44. The van der Waals surface area contributed by atoms with E-state index in [2.05, 4.69) is 55.1 Å². The third-order valence-corrected chi connectivity index (χ3v) is 3.18. The minimum atomic E-state index is 0.869. The van der Waals surface area contributed by atoms with Gasteiger partial charge in [-0.15, -0.1) is 0 Å². The SMILES string of the molecule is CN(C)c1ccc(Cc2[nH]cnc2Br)cc1. The van der Waals surface area contributed by atoms with Crippen LogP contribution in [0.4, 0.5) is 5.69 Å². The monoisotopic (exact) mass is 279 g/mol. The molecule has 0 unspecified atom stereocenters. The molecule has 0 atom stereocenters. The van der Waals surface area contributed by atoms with Gasteiger partial charge in [0.2, 0.25) is 0 Å². The molecule has 0 aliphatic heterocycles. The van der Waals surface area contributed by atoms with Crippen LogP contribution in [0.15, 0.2) is 35.2 Å². The van der Waals surface area contributed by atoms with E-state index in [1.165, 1.54) is 11.3 Å². The molecule has 0 saturated carbocycles. The summed E-state index contributed by atoms with van der Waals surface area (Å²) in [5.41, 5.74) is 3.60. The van der Waals surface area contributed by atoms with Gasteiger partial charge < -0.3 is 9.88 Å². The van der Waals surface area contributed by atoms with Crippen molar-refractivity contribution < 1.29 is 0 Å². The number of rotatable bonds is 3. The predicted molar refractivity (Wildman–Crippen MR) is 69.9 cm³/mol. The van der Waals surface area contributed by atoms with Crippen molar-refractivity contribution in [1.82, 2.24) is 9.97 Å². The van der Waals surface area contributed by atoms with Crippen molar-refractivity contribution in [2.45, 2.75) is 6.42 Å². The number of nitrogens with one attached hydrogen (secondary N) is 1. The standard InChI is InChI=1S/C12H14BrN3/c1-16(2)10-5-3-9(4-6-10)7-11-12(13)15-8-14-11/h3-6,8H,7H2,1-2H3,(H,14,15). The van der Waals surface area contributed by atoms with Gasteiger partial charge in [-0.25, -0.2) is 4.98 Å². The highest BCUT2D eigenvalue weighted by Crippen LogP contribution is 2.18. The van der Waals surface area contributed by atoms with Crippen LogP contribution in [-0.4, -0.2) is 24.1 Å². The Hall–Kier alpha value is -1.29. The summed E-state index contributed by atoms with van der Waals surface area (Å²) in [6.07, 6.45) is 2.57. The molecule has 16 heavy (non-hydrogen) atoms. The zero-order chi connectivity index (χ0) is 11.5. The summed E-state index contributed by atoms with van der Waals surface area (Å²) in [6.45, 7) is 0. The van der Waals surface area contributed by atoms with Crippen molar-refractivity contribution >= 4 is 21.6 Å². The highest BCUT2D eigenvalue weighted by Gasteiger charge is 2.03. The first-order valence-corrected chi connectivity index (χ1v) is 5.90. The lowest BCUT2D eigenvalue weighted by atomic mass is 10.1. The Morgan fingerprint density at radius 2 is 1.94 bits per heavy atom. The lowest BCUT2D eigenvalue weighted by Gasteiger charge is -2.12. The maximum absolute atomic E-state index is 4.11. The van der Waals surface area contributed by atoms with Gasteiger partial charge in [0, 0.05) is 26.2 Å². The number of hydrogen-bond donors (Lipinski definition) is 1. The van der Waals surface area contributed by atoms with E-state index in [9.17, 15) is 0 Å². The molecule has 0 amide bonds. The number of aromatic nitrogens is 2. The van der Waals surface area contributed by atoms with E-state index in [-0.39, 0.29) is 0 Å². The Balaban J connectivity index is 2.14. The molecule has 1 N–H and O–H groups in total. The van der Waals surface area contributed by atoms with Crippen molar-refractivity contribution in [1.29, 1.82) is 0 Å². The summed E-state index contributed by atoms with van der Waals surface area (Å²) in [4.78, 5) is 9.33. The first-order chi connectivity index (χ1) is 7.66. The molecule has 0 aliphatic carbocycles. The molecular formula is C12H14BrN3. The summed E-state index contributed by atoms with van der Waals surface area (Å²) in [5.74, 6) is 0. The van der Waals surface area contributed by atoms with E-state index in [1.807, 2.05) is 14.1 Å². The van der Waals surface area contributed by atoms with Gasteiger partial charge in [0.25, 0.3) is 0 Å². The highest BCUT2D eigenvalue weighted by molar-refractivity contribution is 9.10. The van der Waals surface area contributed by atoms with Gasteiger partial charge in [-0.3, -0.25) is 0 Å². The lowest BCUT2D eigenvalue weighted by molar-refractivity contribution is 1.08. The number of H-pyrrole nitrogens is 1. The van der Waals surface area contributed by atoms with E-state index in [0.717, 1.165) is 16.7 Å². The number of hydrogen-bond acceptors (Lipinski definition) is 2. The zero-order valence-corrected chi connectivity index (χ0v) is 11.0. The largest absolute Gasteiger partial charge is 0.378 e. The quantitative estimate of drug-likeness (QED) is 0.937. The maximum atomic E-state index is 4.11. The summed E-state index contributed by atoms with van der Waals surface area (Å²) < 4.78 is 0.893. The normalized spacial score (nSPS) is 10.4. The lowest BCUT2D eigenvalue weighted by Crippen LogP contribution is -2.08. The van der Waals surface area contributed by atoms with Crippen LogP contribution in [0.3, 0.4) is 0 Å². The molecule has 3 nitrogen and oxygen atoms in total. The van der Waals surface area contributed by atoms with Crippen molar-refractivity contribution in [3.8, 4) is 0 Å². The summed E-state index contributed by atoms with van der Waals surface area (Å²) in [5, 5.41) is 0. The smallest absolute Gasteiger partial charge is 0.127 e. The van der Waals surface area contributed by atoms with Crippen LogP contribution in [0, 0.1) is 0 Å². The molecular weight excluding hydrogens is 266 g/mol. The number of imidazole rings is 1. The van der Waals surface area contributed by atoms with Crippen LogP contribution in [0.2, 0.25) is 0 Å². The van der Waals surface area contributed by atoms with Crippen LogP contribution >= 0.6 is 15.9 Å². The molecule has 2 rings (SSSR count). The van der Waals surface area contributed by atoms with E-state index in [0.29, 0.717) is 0 Å². The molecule has 4 heteroatoms. The Morgan fingerprint density at radius 3 is 2.44 bits per heavy atom. The topological polar surface area (TPSA) is 31.9 Å². The van der Waals surface area contributed by atoms with Crippen LogP contribution < -0.4 is 4.90 Å². The average Bonchev–Trinajstić information content (AvgIpc) is 2.65. The molecule has 0 fully saturated rings. The minimum Gasteiger partial charge on any atom is -0.378 e. The third-order valence-electron chi connectivity index (χ3n) is 2.50. The fraction of sp³-hybridized carbons (Fsp3) is 0.250. The van der Waals surface area contributed by atoms with E-state index in [4.69, 9.17) is 0 Å². The first kappa shape index (κ1) is 11.2. The average molecular weight is 280 g/mol. The van der Waals surface area contributed by atoms with Gasteiger partial charge in [-0.2, -0.15) is 0 Å². The zero-order valence-electron chi connectivity index (χ0n) is 9.37. The molecule has 0 bridgehead atoms. The van der Waals surface area contributed by atoms with Crippen molar-refractivity contribution in [2.24, 2.45) is 0 Å². The maximum Gasteiger partial charge on any atom is 0.127 e. The minimum absolute atomic E-state index is 0.869.